The lowest BCUT2D eigenvalue weighted by molar-refractivity contribution is 0.352. The van der Waals surface area contributed by atoms with Crippen LogP contribution in [-0.2, 0) is 0 Å². The number of rotatable bonds is 4. The Balaban J connectivity index is 2.20. The predicted molar refractivity (Wildman–Crippen MR) is 72.2 cm³/mol. The van der Waals surface area contributed by atoms with Crippen LogP contribution in [0.15, 0.2) is 6.20 Å². The lowest BCUT2D eigenvalue weighted by Gasteiger charge is -2.27. The summed E-state index contributed by atoms with van der Waals surface area (Å²) < 4.78 is 10.3. The molecule has 2 atom stereocenters. The summed E-state index contributed by atoms with van der Waals surface area (Å²) in [4.78, 5) is 8.57. The van der Waals surface area contributed by atoms with Gasteiger partial charge in [0.05, 0.1) is 26.5 Å². The fraction of sp³-hybridized carbons (Fsp3) is 0.667. The van der Waals surface area contributed by atoms with Crippen molar-refractivity contribution < 1.29 is 9.47 Å². The van der Waals surface area contributed by atoms with Crippen LogP contribution in [-0.4, -0.2) is 35.2 Å². The number of thioether (sulfide) groups is 1. The molecule has 0 aromatic carbocycles. The van der Waals surface area contributed by atoms with Crippen molar-refractivity contribution in [1.82, 2.24) is 9.97 Å². The molecule has 1 saturated heterocycles. The van der Waals surface area contributed by atoms with Crippen LogP contribution in [0.25, 0.3) is 0 Å². The highest BCUT2D eigenvalue weighted by atomic mass is 32.2. The maximum atomic E-state index is 6.29. The minimum absolute atomic E-state index is 0.136. The summed E-state index contributed by atoms with van der Waals surface area (Å²) in [6, 6.07) is -0.136. The lowest BCUT2D eigenvalue weighted by Crippen LogP contribution is -2.27. The molecule has 2 N–H and O–H groups in total. The molecule has 0 aliphatic carbocycles. The molecule has 1 aliphatic rings. The summed E-state index contributed by atoms with van der Waals surface area (Å²) >= 11 is 1.92. The topological polar surface area (TPSA) is 70.3 Å². The average molecular weight is 269 g/mol. The zero-order valence-corrected chi connectivity index (χ0v) is 11.6. The van der Waals surface area contributed by atoms with Crippen LogP contribution in [0.3, 0.4) is 0 Å². The van der Waals surface area contributed by atoms with Gasteiger partial charge in [-0.15, -0.1) is 0 Å². The monoisotopic (exact) mass is 269 g/mol. The largest absolute Gasteiger partial charge is 0.480 e. The Labute approximate surface area is 111 Å². The number of nitrogens with two attached hydrogens (primary N) is 1. The molecule has 0 spiro atoms. The maximum absolute atomic E-state index is 6.29. The normalized spacial score (nSPS) is 21.4. The van der Waals surface area contributed by atoms with Gasteiger partial charge >= 0.3 is 0 Å². The average Bonchev–Trinajstić information content (AvgIpc) is 2.46. The zero-order chi connectivity index (χ0) is 13.0. The molecule has 0 amide bonds. The highest BCUT2D eigenvalue weighted by Gasteiger charge is 2.26. The molecule has 2 rings (SSSR count). The number of nitrogens with zero attached hydrogens (tertiary/aromatic N) is 2. The third kappa shape index (κ3) is 2.87. The van der Waals surface area contributed by atoms with Crippen molar-refractivity contribution in [3.05, 3.63) is 11.9 Å². The van der Waals surface area contributed by atoms with Gasteiger partial charge in [-0.1, -0.05) is 6.42 Å². The number of ether oxygens (including phenoxy) is 2. The van der Waals surface area contributed by atoms with E-state index in [1.807, 2.05) is 11.8 Å². The first-order valence-corrected chi connectivity index (χ1v) is 7.13. The minimum atomic E-state index is -0.136. The molecular formula is C12H19N3O2S. The molecule has 0 bridgehead atoms. The molecule has 18 heavy (non-hydrogen) atoms. The third-order valence-corrected chi connectivity index (χ3v) is 4.56. The van der Waals surface area contributed by atoms with E-state index in [9.17, 15) is 0 Å². The Morgan fingerprint density at radius 3 is 2.83 bits per heavy atom. The van der Waals surface area contributed by atoms with Gasteiger partial charge in [0.1, 0.15) is 5.69 Å². The van der Waals surface area contributed by atoms with Gasteiger partial charge in [-0.3, -0.25) is 0 Å². The number of aromatic nitrogens is 2. The molecule has 1 aliphatic heterocycles. The quantitative estimate of drug-likeness (QED) is 0.898. The van der Waals surface area contributed by atoms with E-state index >= 15 is 0 Å². The minimum Gasteiger partial charge on any atom is -0.480 e. The van der Waals surface area contributed by atoms with Gasteiger partial charge in [-0.2, -0.15) is 16.7 Å². The van der Waals surface area contributed by atoms with Crippen LogP contribution in [0.2, 0.25) is 0 Å². The first-order chi connectivity index (χ1) is 8.76. The van der Waals surface area contributed by atoms with Crippen molar-refractivity contribution in [3.63, 3.8) is 0 Å². The summed E-state index contributed by atoms with van der Waals surface area (Å²) in [5.74, 6) is 2.08. The Morgan fingerprint density at radius 1 is 1.39 bits per heavy atom. The smallest absolute Gasteiger partial charge is 0.240 e. The van der Waals surface area contributed by atoms with Crippen molar-refractivity contribution in [1.29, 1.82) is 0 Å². The SMILES string of the molecule is COc1cnc(C(N)C2CCCCS2)c(OC)n1. The van der Waals surface area contributed by atoms with E-state index < -0.39 is 0 Å². The van der Waals surface area contributed by atoms with E-state index in [1.165, 1.54) is 18.6 Å². The molecule has 1 aromatic heterocycles. The molecule has 2 unspecified atom stereocenters. The number of methoxy groups -OCH3 is 2. The van der Waals surface area contributed by atoms with Crippen molar-refractivity contribution in [2.75, 3.05) is 20.0 Å². The first-order valence-electron chi connectivity index (χ1n) is 6.08. The van der Waals surface area contributed by atoms with Crippen LogP contribution in [0.1, 0.15) is 31.0 Å². The highest BCUT2D eigenvalue weighted by molar-refractivity contribution is 8.00. The van der Waals surface area contributed by atoms with Gasteiger partial charge in [-0.25, -0.2) is 4.98 Å². The fourth-order valence-corrected chi connectivity index (χ4v) is 3.41. The van der Waals surface area contributed by atoms with Crippen LogP contribution in [0.4, 0.5) is 0 Å². The van der Waals surface area contributed by atoms with Crippen LogP contribution >= 0.6 is 11.8 Å². The van der Waals surface area contributed by atoms with Gasteiger partial charge in [0.15, 0.2) is 0 Å². The summed E-state index contributed by atoms with van der Waals surface area (Å²) in [5, 5.41) is 0.398. The molecule has 0 radical (unpaired) electrons. The number of hydrogen-bond donors (Lipinski definition) is 1. The van der Waals surface area contributed by atoms with Crippen LogP contribution in [0.5, 0.6) is 11.8 Å². The van der Waals surface area contributed by atoms with E-state index in [2.05, 4.69) is 9.97 Å². The van der Waals surface area contributed by atoms with Crippen LogP contribution in [0, 0.1) is 0 Å². The van der Waals surface area contributed by atoms with Gasteiger partial charge in [0, 0.05) is 5.25 Å². The van der Waals surface area contributed by atoms with Crippen LogP contribution < -0.4 is 15.2 Å². The molecule has 6 heteroatoms. The van der Waals surface area contributed by atoms with Gasteiger partial charge < -0.3 is 15.2 Å². The fourth-order valence-electron chi connectivity index (χ4n) is 2.07. The van der Waals surface area contributed by atoms with E-state index in [4.69, 9.17) is 15.2 Å². The Morgan fingerprint density at radius 2 is 2.22 bits per heavy atom. The molecule has 1 aromatic rings. The molecule has 100 valence electrons. The molecular weight excluding hydrogens is 250 g/mol. The van der Waals surface area contributed by atoms with Gasteiger partial charge in [0.25, 0.3) is 0 Å². The standard InChI is InChI=1S/C12H19N3O2S/c1-16-9-7-14-11(12(15-9)17-2)10(13)8-5-3-4-6-18-8/h7-8,10H,3-6,13H2,1-2H3. The van der Waals surface area contributed by atoms with E-state index in [0.29, 0.717) is 17.0 Å². The second-order valence-corrected chi connectivity index (χ2v) is 5.58. The second kappa shape index (κ2) is 6.24. The predicted octanol–water partition coefficient (Wildman–Crippen LogP) is 1.78. The Bertz CT molecular complexity index is 397. The first kappa shape index (κ1) is 13.4. The summed E-state index contributed by atoms with van der Waals surface area (Å²) in [6.45, 7) is 0. The van der Waals surface area contributed by atoms with Crippen molar-refractivity contribution in [2.24, 2.45) is 5.73 Å². The van der Waals surface area contributed by atoms with Gasteiger partial charge in [-0.05, 0) is 18.6 Å². The summed E-state index contributed by atoms with van der Waals surface area (Å²) in [5.41, 5.74) is 7.01. The van der Waals surface area contributed by atoms with E-state index in [0.717, 1.165) is 12.1 Å². The van der Waals surface area contributed by atoms with Crippen molar-refractivity contribution in [2.45, 2.75) is 30.6 Å². The Hall–Kier alpha value is -1.01. The third-order valence-electron chi connectivity index (χ3n) is 3.08. The summed E-state index contributed by atoms with van der Waals surface area (Å²) in [6.07, 6.45) is 5.23. The van der Waals surface area contributed by atoms with E-state index in [1.54, 1.807) is 20.4 Å². The van der Waals surface area contributed by atoms with E-state index in [-0.39, 0.29) is 6.04 Å². The molecule has 2 heterocycles. The second-order valence-electron chi connectivity index (χ2n) is 4.24. The van der Waals surface area contributed by atoms with Crippen molar-refractivity contribution >= 4 is 11.8 Å². The Kier molecular flexibility index (Phi) is 4.66. The molecule has 0 saturated carbocycles. The maximum Gasteiger partial charge on any atom is 0.240 e. The van der Waals surface area contributed by atoms with Gasteiger partial charge in [0.2, 0.25) is 11.8 Å². The highest BCUT2D eigenvalue weighted by Crippen LogP contribution is 2.35. The molecule has 1 fully saturated rings. The zero-order valence-electron chi connectivity index (χ0n) is 10.8. The summed E-state index contributed by atoms with van der Waals surface area (Å²) in [7, 11) is 3.13. The van der Waals surface area contributed by atoms with Crippen molar-refractivity contribution in [3.8, 4) is 11.8 Å². The molecule has 5 nitrogen and oxygen atoms in total. The number of hydrogen-bond acceptors (Lipinski definition) is 6. The lowest BCUT2D eigenvalue weighted by atomic mass is 10.1.